The zero-order chi connectivity index (χ0) is 20.0. The maximum Gasteiger partial charge on any atom is 0.265 e. The van der Waals surface area contributed by atoms with Crippen molar-refractivity contribution in [3.8, 4) is 5.75 Å². The van der Waals surface area contributed by atoms with Gasteiger partial charge in [-0.05, 0) is 36.4 Å². The lowest BCUT2D eigenvalue weighted by Crippen LogP contribution is -2.26. The molecule has 0 aliphatic rings. The third-order valence-electron chi connectivity index (χ3n) is 4.04. The van der Waals surface area contributed by atoms with Crippen molar-refractivity contribution in [3.63, 3.8) is 0 Å². The second-order valence-corrected chi connectivity index (χ2v) is 8.26. The van der Waals surface area contributed by atoms with E-state index >= 15 is 0 Å². The molecule has 146 valence electrons. The molecule has 0 saturated heterocycles. The van der Waals surface area contributed by atoms with Gasteiger partial charge in [0.2, 0.25) is 0 Å². The lowest BCUT2D eigenvalue weighted by molar-refractivity contribution is 0.333. The van der Waals surface area contributed by atoms with Gasteiger partial charge in [-0.25, -0.2) is 8.42 Å². The normalized spacial score (nSPS) is 11.1. The standard InChI is InChI=1S/C20H20ClN3O3S/c1-24(28(25,26)20-8-3-2-7-19(20)21)17-5-4-6-18(15-17)27-14-13-23-16-9-11-22-12-10-16/h2-12,15H,13-14H2,1H3,(H,22,23). The number of nitrogens with zero attached hydrogens (tertiary/aromatic N) is 2. The molecule has 2 aromatic carbocycles. The topological polar surface area (TPSA) is 71.5 Å². The van der Waals surface area contributed by atoms with E-state index < -0.39 is 10.0 Å². The zero-order valence-electron chi connectivity index (χ0n) is 15.2. The van der Waals surface area contributed by atoms with Crippen LogP contribution in [0.5, 0.6) is 5.75 Å². The van der Waals surface area contributed by atoms with Gasteiger partial charge in [-0.15, -0.1) is 0 Å². The second-order valence-electron chi connectivity index (χ2n) is 5.91. The summed E-state index contributed by atoms with van der Waals surface area (Å²) in [5.74, 6) is 0.579. The first-order valence-electron chi connectivity index (χ1n) is 8.59. The molecule has 0 spiro atoms. The highest BCUT2D eigenvalue weighted by atomic mass is 35.5. The molecular weight excluding hydrogens is 398 g/mol. The minimum Gasteiger partial charge on any atom is -0.492 e. The fourth-order valence-electron chi connectivity index (χ4n) is 2.54. The molecule has 1 N–H and O–H groups in total. The number of nitrogens with one attached hydrogen (secondary N) is 1. The predicted octanol–water partition coefficient (Wildman–Crippen LogP) is 4.05. The smallest absolute Gasteiger partial charge is 0.265 e. The number of aromatic nitrogens is 1. The Kier molecular flexibility index (Phi) is 6.38. The van der Waals surface area contributed by atoms with Crippen LogP contribution in [-0.2, 0) is 10.0 Å². The minimum absolute atomic E-state index is 0.0621. The molecule has 0 atom stereocenters. The van der Waals surface area contributed by atoms with Crippen molar-refractivity contribution < 1.29 is 13.2 Å². The minimum atomic E-state index is -3.77. The van der Waals surface area contributed by atoms with Crippen LogP contribution in [0.2, 0.25) is 5.02 Å². The Labute approximate surface area is 169 Å². The first-order chi connectivity index (χ1) is 13.5. The van der Waals surface area contributed by atoms with Crippen LogP contribution in [0.4, 0.5) is 11.4 Å². The summed E-state index contributed by atoms with van der Waals surface area (Å²) in [5.41, 5.74) is 1.44. The molecule has 6 nitrogen and oxygen atoms in total. The average molecular weight is 418 g/mol. The highest BCUT2D eigenvalue weighted by Gasteiger charge is 2.23. The van der Waals surface area contributed by atoms with Gasteiger partial charge in [0, 0.05) is 37.7 Å². The third-order valence-corrected chi connectivity index (χ3v) is 6.32. The summed E-state index contributed by atoms with van der Waals surface area (Å²) in [4.78, 5) is 4.02. The van der Waals surface area contributed by atoms with Crippen LogP contribution < -0.4 is 14.4 Å². The molecule has 0 unspecified atom stereocenters. The van der Waals surface area contributed by atoms with E-state index in [4.69, 9.17) is 16.3 Å². The van der Waals surface area contributed by atoms with Crippen molar-refractivity contribution >= 4 is 33.0 Å². The number of hydrogen-bond donors (Lipinski definition) is 1. The number of ether oxygens (including phenoxy) is 1. The molecule has 8 heteroatoms. The van der Waals surface area contributed by atoms with Crippen LogP contribution in [0.1, 0.15) is 0 Å². The molecular formula is C20H20ClN3O3S. The van der Waals surface area contributed by atoms with Crippen LogP contribution in [0.25, 0.3) is 0 Å². The molecule has 3 aromatic rings. The Morgan fingerprint density at radius 3 is 2.57 bits per heavy atom. The highest BCUT2D eigenvalue weighted by Crippen LogP contribution is 2.29. The van der Waals surface area contributed by atoms with E-state index in [2.05, 4.69) is 10.3 Å². The summed E-state index contributed by atoms with van der Waals surface area (Å²) in [7, 11) is -2.28. The van der Waals surface area contributed by atoms with Crippen molar-refractivity contribution in [2.24, 2.45) is 0 Å². The molecule has 0 saturated carbocycles. The molecule has 28 heavy (non-hydrogen) atoms. The van der Waals surface area contributed by atoms with E-state index in [-0.39, 0.29) is 9.92 Å². The number of benzene rings is 2. The van der Waals surface area contributed by atoms with Crippen LogP contribution in [0.15, 0.2) is 78.0 Å². The van der Waals surface area contributed by atoms with Crippen LogP contribution in [0, 0.1) is 0 Å². The number of sulfonamides is 1. The van der Waals surface area contributed by atoms with Gasteiger partial charge in [-0.1, -0.05) is 29.8 Å². The number of rotatable bonds is 8. The van der Waals surface area contributed by atoms with Crippen molar-refractivity contribution in [1.82, 2.24) is 4.98 Å². The number of hydrogen-bond acceptors (Lipinski definition) is 5. The molecule has 1 aromatic heterocycles. The first kappa shape index (κ1) is 20.0. The number of pyridine rings is 1. The van der Waals surface area contributed by atoms with Crippen molar-refractivity contribution in [1.29, 1.82) is 0 Å². The molecule has 3 rings (SSSR count). The van der Waals surface area contributed by atoms with Gasteiger partial charge < -0.3 is 10.1 Å². The van der Waals surface area contributed by atoms with Gasteiger partial charge in [0.1, 0.15) is 17.3 Å². The summed E-state index contributed by atoms with van der Waals surface area (Å²) in [6.45, 7) is 1.02. The summed E-state index contributed by atoms with van der Waals surface area (Å²) in [5, 5.41) is 3.40. The lowest BCUT2D eigenvalue weighted by Gasteiger charge is -2.21. The maximum atomic E-state index is 12.9. The summed E-state index contributed by atoms with van der Waals surface area (Å²) < 4.78 is 32.7. The van der Waals surface area contributed by atoms with Gasteiger partial charge >= 0.3 is 0 Å². The van der Waals surface area contributed by atoms with Gasteiger partial charge in [0.25, 0.3) is 10.0 Å². The third kappa shape index (κ3) is 4.74. The predicted molar refractivity (Wildman–Crippen MR) is 112 cm³/mol. The van der Waals surface area contributed by atoms with Gasteiger partial charge in [-0.2, -0.15) is 0 Å². The quantitative estimate of drug-likeness (QED) is 0.560. The molecule has 0 aliphatic carbocycles. The van der Waals surface area contributed by atoms with E-state index in [1.54, 1.807) is 54.9 Å². The van der Waals surface area contributed by atoms with E-state index in [1.807, 2.05) is 12.1 Å². The fraction of sp³-hybridized carbons (Fsp3) is 0.150. The van der Waals surface area contributed by atoms with Crippen LogP contribution >= 0.6 is 11.6 Å². The summed E-state index contributed by atoms with van der Waals surface area (Å²) >= 11 is 6.07. The number of anilines is 2. The molecule has 0 aliphatic heterocycles. The highest BCUT2D eigenvalue weighted by molar-refractivity contribution is 7.93. The largest absolute Gasteiger partial charge is 0.492 e. The van der Waals surface area contributed by atoms with E-state index in [0.29, 0.717) is 24.6 Å². The summed E-state index contributed by atoms with van der Waals surface area (Å²) in [6, 6.07) is 17.0. The fourth-order valence-corrected chi connectivity index (χ4v) is 4.22. The molecule has 0 amide bonds. The van der Waals surface area contributed by atoms with Crippen molar-refractivity contribution in [2.75, 3.05) is 29.8 Å². The molecule has 1 heterocycles. The average Bonchev–Trinajstić information content (AvgIpc) is 2.72. The van der Waals surface area contributed by atoms with Gasteiger partial charge in [0.05, 0.1) is 10.7 Å². The second kappa shape index (κ2) is 8.95. The Morgan fingerprint density at radius 2 is 1.82 bits per heavy atom. The van der Waals surface area contributed by atoms with Gasteiger partial charge in [0.15, 0.2) is 0 Å². The van der Waals surface area contributed by atoms with E-state index in [1.165, 1.54) is 17.4 Å². The first-order valence-corrected chi connectivity index (χ1v) is 10.4. The zero-order valence-corrected chi connectivity index (χ0v) is 16.8. The Balaban J connectivity index is 1.66. The molecule has 0 radical (unpaired) electrons. The van der Waals surface area contributed by atoms with E-state index in [9.17, 15) is 8.42 Å². The molecule has 0 bridgehead atoms. The van der Waals surface area contributed by atoms with Gasteiger partial charge in [-0.3, -0.25) is 9.29 Å². The summed E-state index contributed by atoms with van der Waals surface area (Å²) in [6.07, 6.45) is 3.42. The van der Waals surface area contributed by atoms with E-state index in [0.717, 1.165) is 5.69 Å². The Morgan fingerprint density at radius 1 is 1.07 bits per heavy atom. The number of halogens is 1. The Bertz CT molecular complexity index is 1030. The Hall–Kier alpha value is -2.77. The lowest BCUT2D eigenvalue weighted by atomic mass is 10.3. The van der Waals surface area contributed by atoms with Crippen molar-refractivity contribution in [2.45, 2.75) is 4.90 Å². The van der Waals surface area contributed by atoms with Crippen LogP contribution in [-0.4, -0.2) is 33.6 Å². The van der Waals surface area contributed by atoms with Crippen molar-refractivity contribution in [3.05, 3.63) is 78.1 Å². The van der Waals surface area contributed by atoms with Crippen LogP contribution in [0.3, 0.4) is 0 Å². The SMILES string of the molecule is CN(c1cccc(OCCNc2ccncc2)c1)S(=O)(=O)c1ccccc1Cl. The monoisotopic (exact) mass is 417 g/mol. The maximum absolute atomic E-state index is 12.9. The molecule has 0 fully saturated rings.